The number of alkyl halides is 3. The molecule has 2 heterocycles. The number of para-hydroxylation sites is 1. The largest absolute Gasteiger partial charge is 0.573 e. The number of amides is 1. The standard InChI is InChI=1S/C22H19F3N4O3S/c1-28(2)9-10-29(20(31)19(30)15-12-26-16-6-4-3-5-14(15)16)21-27-17-8-7-13(11-18(17)33-21)32-22(23,24)25/h3-8,11-12,26H,9-10H2,1-2H3. The fourth-order valence-corrected chi connectivity index (χ4v) is 4.30. The van der Waals surface area contributed by atoms with Gasteiger partial charge in [0.15, 0.2) is 5.13 Å². The highest BCUT2D eigenvalue weighted by Gasteiger charge is 2.32. The average molecular weight is 476 g/mol. The number of carbonyl (C=O) groups excluding carboxylic acids is 2. The number of rotatable bonds is 7. The van der Waals surface area contributed by atoms with Gasteiger partial charge in [-0.1, -0.05) is 29.5 Å². The SMILES string of the molecule is CN(C)CCN(C(=O)C(=O)c1c[nH]c2ccccc12)c1nc2ccc(OC(F)(F)F)cc2s1. The lowest BCUT2D eigenvalue weighted by Crippen LogP contribution is -2.40. The van der Waals surface area contributed by atoms with Crippen molar-refractivity contribution in [3.05, 3.63) is 54.2 Å². The molecule has 0 bridgehead atoms. The number of hydrogen-bond acceptors (Lipinski definition) is 6. The number of carbonyl (C=O) groups is 2. The molecule has 33 heavy (non-hydrogen) atoms. The smallest absolute Gasteiger partial charge is 0.406 e. The fraction of sp³-hybridized carbons (Fsp3) is 0.227. The van der Waals surface area contributed by atoms with Gasteiger partial charge in [-0.15, -0.1) is 13.2 Å². The molecule has 0 atom stereocenters. The van der Waals surface area contributed by atoms with E-state index in [4.69, 9.17) is 0 Å². The fourth-order valence-electron chi connectivity index (χ4n) is 3.29. The molecule has 1 N–H and O–H groups in total. The monoisotopic (exact) mass is 476 g/mol. The van der Waals surface area contributed by atoms with Crippen molar-refractivity contribution in [2.45, 2.75) is 6.36 Å². The first-order valence-electron chi connectivity index (χ1n) is 9.86. The predicted molar refractivity (Wildman–Crippen MR) is 120 cm³/mol. The zero-order valence-corrected chi connectivity index (χ0v) is 18.5. The third kappa shape index (κ3) is 4.99. The van der Waals surface area contributed by atoms with Gasteiger partial charge < -0.3 is 14.6 Å². The van der Waals surface area contributed by atoms with E-state index in [1.807, 2.05) is 25.1 Å². The molecule has 0 unspecified atom stereocenters. The number of ketones is 1. The van der Waals surface area contributed by atoms with Crippen LogP contribution in [0.2, 0.25) is 0 Å². The van der Waals surface area contributed by atoms with Gasteiger partial charge in [0, 0.05) is 36.3 Å². The van der Waals surface area contributed by atoms with Crippen LogP contribution in [0.1, 0.15) is 10.4 Å². The molecule has 11 heteroatoms. The van der Waals surface area contributed by atoms with Crippen molar-refractivity contribution in [2.24, 2.45) is 0 Å². The normalized spacial score (nSPS) is 11.9. The topological polar surface area (TPSA) is 78.5 Å². The minimum Gasteiger partial charge on any atom is -0.406 e. The van der Waals surface area contributed by atoms with Crippen molar-refractivity contribution in [2.75, 3.05) is 32.1 Å². The molecule has 0 saturated heterocycles. The molecule has 4 aromatic rings. The molecule has 1 amide bonds. The molecule has 7 nitrogen and oxygen atoms in total. The lowest BCUT2D eigenvalue weighted by molar-refractivity contribution is -0.274. The molecular formula is C22H19F3N4O3S. The highest BCUT2D eigenvalue weighted by atomic mass is 32.1. The van der Waals surface area contributed by atoms with Gasteiger partial charge in [0.05, 0.1) is 15.8 Å². The van der Waals surface area contributed by atoms with E-state index in [1.165, 1.54) is 23.2 Å². The number of aromatic amines is 1. The van der Waals surface area contributed by atoms with Gasteiger partial charge in [0.25, 0.3) is 5.78 Å². The molecule has 4 rings (SSSR count). The summed E-state index contributed by atoms with van der Waals surface area (Å²) >= 11 is 1.01. The summed E-state index contributed by atoms with van der Waals surface area (Å²) in [7, 11) is 3.65. The van der Waals surface area contributed by atoms with Crippen LogP contribution in [-0.2, 0) is 4.79 Å². The van der Waals surface area contributed by atoms with E-state index in [9.17, 15) is 22.8 Å². The number of halogens is 3. The van der Waals surface area contributed by atoms with Crippen LogP contribution in [0.15, 0.2) is 48.7 Å². The molecule has 0 radical (unpaired) electrons. The summed E-state index contributed by atoms with van der Waals surface area (Å²) in [5.41, 5.74) is 1.37. The second-order valence-electron chi connectivity index (χ2n) is 7.51. The van der Waals surface area contributed by atoms with E-state index >= 15 is 0 Å². The first-order chi connectivity index (χ1) is 15.6. The number of fused-ring (bicyclic) bond motifs is 2. The van der Waals surface area contributed by atoms with Crippen LogP contribution >= 0.6 is 11.3 Å². The van der Waals surface area contributed by atoms with Crippen LogP contribution < -0.4 is 9.64 Å². The van der Waals surface area contributed by atoms with Gasteiger partial charge in [0.2, 0.25) is 0 Å². The van der Waals surface area contributed by atoms with Crippen LogP contribution in [0, 0.1) is 0 Å². The van der Waals surface area contributed by atoms with Crippen molar-refractivity contribution in [3.8, 4) is 5.75 Å². The maximum Gasteiger partial charge on any atom is 0.573 e. The van der Waals surface area contributed by atoms with Crippen LogP contribution in [0.25, 0.3) is 21.1 Å². The lowest BCUT2D eigenvalue weighted by Gasteiger charge is -2.21. The van der Waals surface area contributed by atoms with Crippen molar-refractivity contribution < 1.29 is 27.5 Å². The Morgan fingerprint density at radius 3 is 2.61 bits per heavy atom. The second kappa shape index (κ2) is 8.83. The Hall–Kier alpha value is -3.44. The summed E-state index contributed by atoms with van der Waals surface area (Å²) in [5, 5.41) is 0.843. The van der Waals surface area contributed by atoms with Crippen molar-refractivity contribution >= 4 is 49.3 Å². The summed E-state index contributed by atoms with van der Waals surface area (Å²) in [4.78, 5) is 36.9. The number of Topliss-reactive ketones (excluding diaryl/α,β-unsaturated/α-hetero) is 1. The summed E-state index contributed by atoms with van der Waals surface area (Å²) in [5.74, 6) is -1.86. The molecule has 0 spiro atoms. The Morgan fingerprint density at radius 2 is 1.88 bits per heavy atom. The summed E-state index contributed by atoms with van der Waals surface area (Å²) < 4.78 is 42.0. The number of H-pyrrole nitrogens is 1. The number of nitrogens with zero attached hydrogens (tertiary/aromatic N) is 3. The summed E-state index contributed by atoms with van der Waals surface area (Å²) in [6.07, 6.45) is -3.32. The van der Waals surface area contributed by atoms with E-state index in [0.717, 1.165) is 22.9 Å². The molecular weight excluding hydrogens is 457 g/mol. The maximum absolute atomic E-state index is 13.3. The highest BCUT2D eigenvalue weighted by molar-refractivity contribution is 7.22. The number of benzene rings is 2. The molecule has 0 aliphatic carbocycles. The van der Waals surface area contributed by atoms with Crippen molar-refractivity contribution in [1.82, 2.24) is 14.9 Å². The predicted octanol–water partition coefficient (Wildman–Crippen LogP) is 4.45. The number of thiazole rings is 1. The van der Waals surface area contributed by atoms with Gasteiger partial charge in [-0.2, -0.15) is 0 Å². The zero-order chi connectivity index (χ0) is 23.8. The van der Waals surface area contributed by atoms with E-state index in [-0.39, 0.29) is 23.0 Å². The van der Waals surface area contributed by atoms with E-state index < -0.39 is 18.1 Å². The van der Waals surface area contributed by atoms with E-state index in [0.29, 0.717) is 22.1 Å². The van der Waals surface area contributed by atoms with E-state index in [2.05, 4.69) is 14.7 Å². The molecule has 0 saturated carbocycles. The number of aromatic nitrogens is 2. The molecule has 2 aromatic heterocycles. The van der Waals surface area contributed by atoms with Crippen molar-refractivity contribution in [3.63, 3.8) is 0 Å². The Balaban J connectivity index is 1.68. The molecule has 0 aliphatic heterocycles. The third-order valence-corrected chi connectivity index (χ3v) is 5.90. The average Bonchev–Trinajstić information content (AvgIpc) is 3.35. The zero-order valence-electron chi connectivity index (χ0n) is 17.6. The first-order valence-corrected chi connectivity index (χ1v) is 10.7. The molecule has 172 valence electrons. The molecule has 2 aromatic carbocycles. The van der Waals surface area contributed by atoms with Crippen LogP contribution in [0.3, 0.4) is 0 Å². The Kier molecular flexibility index (Phi) is 6.09. The Bertz CT molecular complexity index is 1330. The molecule has 0 fully saturated rings. The summed E-state index contributed by atoms with van der Waals surface area (Å²) in [6.45, 7) is 0.622. The quantitative estimate of drug-likeness (QED) is 0.315. The number of nitrogens with one attached hydrogen (secondary N) is 1. The number of hydrogen-bond donors (Lipinski definition) is 1. The van der Waals surface area contributed by atoms with Gasteiger partial charge in [-0.3, -0.25) is 14.5 Å². The van der Waals surface area contributed by atoms with Crippen LogP contribution in [0.4, 0.5) is 18.3 Å². The third-order valence-electron chi connectivity index (χ3n) is 4.86. The van der Waals surface area contributed by atoms with Crippen LogP contribution in [-0.4, -0.2) is 60.1 Å². The summed E-state index contributed by atoms with van der Waals surface area (Å²) in [6, 6.07) is 10.9. The number of likely N-dealkylation sites (N-methyl/N-ethyl adjacent to an activating group) is 1. The molecule has 0 aliphatic rings. The van der Waals surface area contributed by atoms with Gasteiger partial charge in [-0.25, -0.2) is 4.98 Å². The van der Waals surface area contributed by atoms with Gasteiger partial charge in [0.1, 0.15) is 5.75 Å². The second-order valence-corrected chi connectivity index (χ2v) is 8.52. The lowest BCUT2D eigenvalue weighted by atomic mass is 10.1. The van der Waals surface area contributed by atoms with Gasteiger partial charge in [-0.05, 0) is 32.3 Å². The Morgan fingerprint density at radius 1 is 1.12 bits per heavy atom. The number of ether oxygens (including phenoxy) is 1. The maximum atomic E-state index is 13.3. The minimum atomic E-state index is -4.82. The number of anilines is 1. The van der Waals surface area contributed by atoms with Crippen molar-refractivity contribution in [1.29, 1.82) is 0 Å². The van der Waals surface area contributed by atoms with Gasteiger partial charge >= 0.3 is 12.3 Å². The first kappa shape index (κ1) is 22.7. The Labute approximate surface area is 190 Å². The minimum absolute atomic E-state index is 0.172. The van der Waals surface area contributed by atoms with E-state index in [1.54, 1.807) is 18.2 Å². The highest BCUT2D eigenvalue weighted by Crippen LogP contribution is 2.33. The van der Waals surface area contributed by atoms with Crippen LogP contribution in [0.5, 0.6) is 5.75 Å².